The van der Waals surface area contributed by atoms with Gasteiger partial charge in [0.05, 0.1) is 29.5 Å². The van der Waals surface area contributed by atoms with Crippen LogP contribution >= 0.6 is 27.5 Å². The van der Waals surface area contributed by atoms with Crippen molar-refractivity contribution in [2.24, 2.45) is 0 Å². The number of hydrogen-bond acceptors (Lipinski definition) is 6. The Labute approximate surface area is 202 Å². The van der Waals surface area contributed by atoms with Crippen molar-refractivity contribution >= 4 is 50.5 Å². The summed E-state index contributed by atoms with van der Waals surface area (Å²) >= 11 is 9.74. The molecule has 0 fully saturated rings. The third-order valence-electron chi connectivity index (χ3n) is 4.69. The smallest absolute Gasteiger partial charge is 0.274 e. The standard InChI is InChI=1S/C21H19BrClN7O3/c1-3-7-25-21(32)18-17(13(22)10-12-6-9-26-29(12)18)27-20(31)15-11-16(33-2)28-30(15)19-14(23)5-4-8-24-19/h4-6,8-11H,3,7H2,1-2H3,(H,25,32)(H,27,31). The highest BCUT2D eigenvalue weighted by molar-refractivity contribution is 9.10. The Morgan fingerprint density at radius 1 is 1.21 bits per heavy atom. The number of anilines is 1. The molecule has 0 radical (unpaired) electrons. The lowest BCUT2D eigenvalue weighted by molar-refractivity contribution is 0.0947. The number of halogens is 2. The van der Waals surface area contributed by atoms with Gasteiger partial charge in [-0.2, -0.15) is 5.10 Å². The summed E-state index contributed by atoms with van der Waals surface area (Å²) in [5.41, 5.74) is 1.23. The lowest BCUT2D eigenvalue weighted by Gasteiger charge is -2.15. The van der Waals surface area contributed by atoms with E-state index in [1.807, 2.05) is 6.92 Å². The summed E-state index contributed by atoms with van der Waals surface area (Å²) in [4.78, 5) is 30.6. The summed E-state index contributed by atoms with van der Waals surface area (Å²) < 4.78 is 8.47. The summed E-state index contributed by atoms with van der Waals surface area (Å²) in [6, 6.07) is 8.28. The second-order valence-corrected chi connectivity index (χ2v) is 8.15. The molecule has 4 aromatic rings. The molecule has 2 amide bonds. The van der Waals surface area contributed by atoms with E-state index >= 15 is 0 Å². The molecule has 0 saturated heterocycles. The second-order valence-electron chi connectivity index (χ2n) is 6.89. The molecule has 0 unspecified atom stereocenters. The van der Waals surface area contributed by atoms with Crippen LogP contribution in [-0.2, 0) is 0 Å². The van der Waals surface area contributed by atoms with Crippen LogP contribution < -0.4 is 15.4 Å². The number of methoxy groups -OCH3 is 1. The molecule has 0 atom stereocenters. The predicted molar refractivity (Wildman–Crippen MR) is 126 cm³/mol. The Morgan fingerprint density at radius 2 is 2.03 bits per heavy atom. The van der Waals surface area contributed by atoms with Gasteiger partial charge in [0.2, 0.25) is 5.88 Å². The molecule has 0 aliphatic rings. The van der Waals surface area contributed by atoms with Gasteiger partial charge in [0.1, 0.15) is 5.69 Å². The Hall–Kier alpha value is -3.44. The first-order valence-corrected chi connectivity index (χ1v) is 11.1. The number of amides is 2. The van der Waals surface area contributed by atoms with Crippen LogP contribution in [0, 0.1) is 0 Å². The Morgan fingerprint density at radius 3 is 2.76 bits per heavy atom. The largest absolute Gasteiger partial charge is 0.480 e. The zero-order valence-corrected chi connectivity index (χ0v) is 20.0. The van der Waals surface area contributed by atoms with Gasteiger partial charge in [-0.3, -0.25) is 9.59 Å². The molecule has 12 heteroatoms. The van der Waals surface area contributed by atoms with Crippen LogP contribution in [0.5, 0.6) is 5.88 Å². The first kappa shape index (κ1) is 22.7. The molecule has 4 rings (SSSR count). The first-order chi connectivity index (χ1) is 15.9. The Balaban J connectivity index is 1.79. The molecular weight excluding hydrogens is 514 g/mol. The van der Waals surface area contributed by atoms with Crippen molar-refractivity contribution in [3.05, 3.63) is 63.6 Å². The maximum atomic E-state index is 13.4. The predicted octanol–water partition coefficient (Wildman–Crippen LogP) is 3.73. The van der Waals surface area contributed by atoms with Gasteiger partial charge in [0.15, 0.2) is 11.5 Å². The van der Waals surface area contributed by atoms with Gasteiger partial charge >= 0.3 is 0 Å². The van der Waals surface area contributed by atoms with Gasteiger partial charge < -0.3 is 15.4 Å². The third kappa shape index (κ3) is 4.41. The van der Waals surface area contributed by atoms with E-state index in [1.54, 1.807) is 30.5 Å². The van der Waals surface area contributed by atoms with Gasteiger partial charge in [-0.05, 0) is 46.6 Å². The van der Waals surface area contributed by atoms with Gasteiger partial charge in [0, 0.05) is 23.3 Å². The normalized spacial score (nSPS) is 10.9. The van der Waals surface area contributed by atoms with Crippen molar-refractivity contribution in [2.45, 2.75) is 13.3 Å². The van der Waals surface area contributed by atoms with Crippen LogP contribution in [0.3, 0.4) is 0 Å². The summed E-state index contributed by atoms with van der Waals surface area (Å²) in [7, 11) is 1.44. The average Bonchev–Trinajstić information content (AvgIpc) is 3.45. The van der Waals surface area contributed by atoms with Crippen LogP contribution in [-0.4, -0.2) is 49.8 Å². The molecular formula is C21H19BrClN7O3. The van der Waals surface area contributed by atoms with Crippen molar-refractivity contribution < 1.29 is 14.3 Å². The number of carbonyl (C=O) groups is 2. The fraction of sp³-hybridized carbons (Fsp3) is 0.190. The number of pyridine rings is 2. The van der Waals surface area contributed by atoms with Crippen LogP contribution in [0.4, 0.5) is 5.69 Å². The second kappa shape index (κ2) is 9.59. The molecule has 10 nitrogen and oxygen atoms in total. The highest BCUT2D eigenvalue weighted by Crippen LogP contribution is 2.30. The number of hydrogen-bond donors (Lipinski definition) is 2. The molecule has 0 aliphatic heterocycles. The zero-order valence-electron chi connectivity index (χ0n) is 17.7. The van der Waals surface area contributed by atoms with Crippen molar-refractivity contribution in [3.8, 4) is 11.7 Å². The molecule has 4 aromatic heterocycles. The molecule has 2 N–H and O–H groups in total. The Bertz CT molecular complexity index is 1350. The number of ether oxygens (including phenoxy) is 1. The SMILES string of the molecule is CCCNC(=O)c1c(NC(=O)c2cc(OC)nn2-c2ncccc2Cl)c(Br)cc2ccnn12. The highest BCUT2D eigenvalue weighted by atomic mass is 79.9. The van der Waals surface area contributed by atoms with Gasteiger partial charge in [-0.25, -0.2) is 14.2 Å². The lowest BCUT2D eigenvalue weighted by atomic mass is 10.2. The van der Waals surface area contributed by atoms with Gasteiger partial charge in [-0.15, -0.1) is 5.10 Å². The molecule has 0 aliphatic carbocycles. The number of nitrogens with one attached hydrogen (secondary N) is 2. The van der Waals surface area contributed by atoms with E-state index in [-0.39, 0.29) is 34.7 Å². The maximum Gasteiger partial charge on any atom is 0.274 e. The Kier molecular flexibility index (Phi) is 6.61. The van der Waals surface area contributed by atoms with E-state index < -0.39 is 5.91 Å². The van der Waals surface area contributed by atoms with Crippen molar-refractivity contribution in [2.75, 3.05) is 19.0 Å². The first-order valence-electron chi connectivity index (χ1n) is 9.95. The minimum Gasteiger partial charge on any atom is -0.480 e. The van der Waals surface area contributed by atoms with E-state index in [9.17, 15) is 9.59 Å². The van der Waals surface area contributed by atoms with Crippen LogP contribution in [0.15, 0.2) is 47.2 Å². The lowest BCUT2D eigenvalue weighted by Crippen LogP contribution is -2.29. The van der Waals surface area contributed by atoms with Crippen LogP contribution in [0.25, 0.3) is 11.3 Å². The monoisotopic (exact) mass is 531 g/mol. The maximum absolute atomic E-state index is 13.4. The van der Waals surface area contributed by atoms with E-state index in [2.05, 4.69) is 41.7 Å². The minimum absolute atomic E-state index is 0.111. The third-order valence-corrected chi connectivity index (χ3v) is 5.61. The van der Waals surface area contributed by atoms with Crippen molar-refractivity contribution in [1.29, 1.82) is 0 Å². The van der Waals surface area contributed by atoms with E-state index in [1.165, 1.54) is 28.6 Å². The molecule has 0 spiro atoms. The molecule has 33 heavy (non-hydrogen) atoms. The topological polar surface area (TPSA) is 115 Å². The van der Waals surface area contributed by atoms with Crippen molar-refractivity contribution in [1.82, 2.24) is 29.7 Å². The summed E-state index contributed by atoms with van der Waals surface area (Å²) in [5.74, 6) is -0.468. The van der Waals surface area contributed by atoms with Gasteiger partial charge in [0.25, 0.3) is 11.8 Å². The summed E-state index contributed by atoms with van der Waals surface area (Å²) in [6.45, 7) is 2.42. The van der Waals surface area contributed by atoms with Crippen LogP contribution in [0.2, 0.25) is 5.02 Å². The van der Waals surface area contributed by atoms with Crippen LogP contribution in [0.1, 0.15) is 34.3 Å². The number of aromatic nitrogens is 5. The molecule has 170 valence electrons. The fourth-order valence-corrected chi connectivity index (χ4v) is 3.90. The molecule has 0 saturated carbocycles. The van der Waals surface area contributed by atoms with Gasteiger partial charge in [-0.1, -0.05) is 18.5 Å². The average molecular weight is 533 g/mol. The summed E-state index contributed by atoms with van der Waals surface area (Å²) in [6.07, 6.45) is 3.87. The number of carbonyl (C=O) groups excluding carboxylic acids is 2. The fourth-order valence-electron chi connectivity index (χ4n) is 3.17. The minimum atomic E-state index is -0.552. The number of fused-ring (bicyclic) bond motifs is 1. The molecule has 4 heterocycles. The zero-order chi connectivity index (χ0) is 23.5. The number of rotatable bonds is 7. The molecule has 0 bridgehead atoms. The van der Waals surface area contributed by atoms with E-state index in [4.69, 9.17) is 16.3 Å². The molecule has 0 aromatic carbocycles. The van der Waals surface area contributed by atoms with E-state index in [0.717, 1.165) is 6.42 Å². The summed E-state index contributed by atoms with van der Waals surface area (Å²) in [5, 5.41) is 14.4. The number of nitrogens with zero attached hydrogens (tertiary/aromatic N) is 5. The van der Waals surface area contributed by atoms with E-state index in [0.29, 0.717) is 21.6 Å². The van der Waals surface area contributed by atoms with Crippen molar-refractivity contribution in [3.63, 3.8) is 0 Å². The highest BCUT2D eigenvalue weighted by Gasteiger charge is 2.25. The quantitative estimate of drug-likeness (QED) is 0.375.